The molecule has 0 saturated carbocycles. The zero-order valence-corrected chi connectivity index (χ0v) is 12.5. The van der Waals surface area contributed by atoms with Gasteiger partial charge in [0, 0.05) is 19.5 Å². The van der Waals surface area contributed by atoms with Crippen molar-refractivity contribution < 1.29 is 28.6 Å². The molecule has 0 radical (unpaired) electrons. The fourth-order valence-electron chi connectivity index (χ4n) is 2.99. The first-order chi connectivity index (χ1) is 11.1. The van der Waals surface area contributed by atoms with Crippen LogP contribution in [-0.4, -0.2) is 65.0 Å². The SMILES string of the molecule is O=C(O)C1COCCN1C(=O)C1CC(=O)N(Cc2ccco2)C1. The summed E-state index contributed by atoms with van der Waals surface area (Å²) >= 11 is 0. The number of aliphatic carboxylic acids is 1. The molecule has 0 aromatic carbocycles. The third-order valence-electron chi connectivity index (χ3n) is 4.19. The Morgan fingerprint density at radius 1 is 1.39 bits per heavy atom. The third-order valence-corrected chi connectivity index (χ3v) is 4.19. The molecule has 2 saturated heterocycles. The Hall–Kier alpha value is -2.35. The van der Waals surface area contributed by atoms with Crippen molar-refractivity contribution in [3.63, 3.8) is 0 Å². The minimum atomic E-state index is -1.09. The highest BCUT2D eigenvalue weighted by Gasteiger charge is 2.41. The Kier molecular flexibility index (Phi) is 4.33. The zero-order valence-electron chi connectivity index (χ0n) is 12.5. The van der Waals surface area contributed by atoms with Crippen LogP contribution in [-0.2, 0) is 25.7 Å². The predicted octanol–water partition coefficient (Wildman–Crippen LogP) is -0.0599. The van der Waals surface area contributed by atoms with Crippen LogP contribution in [0.25, 0.3) is 0 Å². The van der Waals surface area contributed by atoms with Crippen LogP contribution in [0.4, 0.5) is 0 Å². The largest absolute Gasteiger partial charge is 0.480 e. The molecule has 2 amide bonds. The molecule has 0 aliphatic carbocycles. The van der Waals surface area contributed by atoms with Crippen molar-refractivity contribution >= 4 is 17.8 Å². The molecule has 8 nitrogen and oxygen atoms in total. The Balaban J connectivity index is 1.66. The summed E-state index contributed by atoms with van der Waals surface area (Å²) in [5.41, 5.74) is 0. The summed E-state index contributed by atoms with van der Waals surface area (Å²) in [5, 5.41) is 9.21. The van der Waals surface area contributed by atoms with Crippen LogP contribution in [0.5, 0.6) is 0 Å². The highest BCUT2D eigenvalue weighted by Crippen LogP contribution is 2.24. The number of carboxylic acid groups (broad SMARTS) is 1. The second-order valence-electron chi connectivity index (χ2n) is 5.72. The van der Waals surface area contributed by atoms with E-state index in [9.17, 15) is 19.5 Å². The number of furan rings is 1. The second-order valence-corrected chi connectivity index (χ2v) is 5.72. The van der Waals surface area contributed by atoms with Crippen molar-refractivity contribution in [2.24, 2.45) is 5.92 Å². The molecule has 2 unspecified atom stereocenters. The molecule has 23 heavy (non-hydrogen) atoms. The van der Waals surface area contributed by atoms with Gasteiger partial charge in [-0.05, 0) is 12.1 Å². The van der Waals surface area contributed by atoms with Crippen LogP contribution in [0, 0.1) is 5.92 Å². The first-order valence-corrected chi connectivity index (χ1v) is 7.47. The lowest BCUT2D eigenvalue weighted by Gasteiger charge is -2.34. The highest BCUT2D eigenvalue weighted by atomic mass is 16.5. The summed E-state index contributed by atoms with van der Waals surface area (Å²) in [6.45, 7) is 1.13. The fraction of sp³-hybridized carbons (Fsp3) is 0.533. The van der Waals surface area contributed by atoms with Gasteiger partial charge in [0.2, 0.25) is 11.8 Å². The van der Waals surface area contributed by atoms with Crippen molar-refractivity contribution in [3.8, 4) is 0 Å². The number of carbonyl (C=O) groups excluding carboxylic acids is 2. The normalized spacial score (nSPS) is 25.0. The molecule has 2 aliphatic heterocycles. The van der Waals surface area contributed by atoms with E-state index in [4.69, 9.17) is 9.15 Å². The number of amides is 2. The minimum absolute atomic E-state index is 0.0160. The number of carbonyl (C=O) groups is 3. The van der Waals surface area contributed by atoms with Gasteiger partial charge < -0.3 is 24.1 Å². The number of hydrogen-bond acceptors (Lipinski definition) is 5. The molecule has 3 heterocycles. The van der Waals surface area contributed by atoms with Gasteiger partial charge in [0.1, 0.15) is 5.76 Å². The van der Waals surface area contributed by atoms with Crippen molar-refractivity contribution in [1.82, 2.24) is 9.80 Å². The van der Waals surface area contributed by atoms with Crippen molar-refractivity contribution in [1.29, 1.82) is 0 Å². The van der Waals surface area contributed by atoms with E-state index in [-0.39, 0.29) is 37.9 Å². The summed E-state index contributed by atoms with van der Waals surface area (Å²) in [5.74, 6) is -1.37. The zero-order chi connectivity index (χ0) is 16.4. The molecule has 1 N–H and O–H groups in total. The molecule has 3 rings (SSSR count). The Morgan fingerprint density at radius 2 is 2.22 bits per heavy atom. The lowest BCUT2D eigenvalue weighted by Crippen LogP contribution is -2.54. The number of carboxylic acids is 1. The fourth-order valence-corrected chi connectivity index (χ4v) is 2.99. The van der Waals surface area contributed by atoms with Crippen LogP contribution < -0.4 is 0 Å². The number of likely N-dealkylation sites (tertiary alicyclic amines) is 1. The Morgan fingerprint density at radius 3 is 2.91 bits per heavy atom. The van der Waals surface area contributed by atoms with Gasteiger partial charge >= 0.3 is 5.97 Å². The van der Waals surface area contributed by atoms with E-state index in [1.807, 2.05) is 0 Å². The van der Waals surface area contributed by atoms with Gasteiger partial charge in [-0.15, -0.1) is 0 Å². The summed E-state index contributed by atoms with van der Waals surface area (Å²) in [6, 6.07) is 2.53. The lowest BCUT2D eigenvalue weighted by atomic mass is 10.1. The van der Waals surface area contributed by atoms with E-state index in [0.29, 0.717) is 18.9 Å². The molecule has 124 valence electrons. The smallest absolute Gasteiger partial charge is 0.328 e. The van der Waals surface area contributed by atoms with Gasteiger partial charge in [0.15, 0.2) is 6.04 Å². The van der Waals surface area contributed by atoms with Crippen molar-refractivity contribution in [2.45, 2.75) is 19.0 Å². The molecule has 8 heteroatoms. The minimum Gasteiger partial charge on any atom is -0.480 e. The molecule has 2 aliphatic rings. The van der Waals surface area contributed by atoms with Gasteiger partial charge in [-0.2, -0.15) is 0 Å². The second kappa shape index (κ2) is 6.41. The first kappa shape index (κ1) is 15.5. The van der Waals surface area contributed by atoms with Crippen molar-refractivity contribution in [2.75, 3.05) is 26.3 Å². The maximum atomic E-state index is 12.6. The molecule has 0 spiro atoms. The van der Waals surface area contributed by atoms with Gasteiger partial charge in [0.25, 0.3) is 0 Å². The Bertz CT molecular complexity index is 599. The topological polar surface area (TPSA) is 100 Å². The first-order valence-electron chi connectivity index (χ1n) is 7.47. The number of morpholine rings is 1. The van der Waals surface area contributed by atoms with Crippen LogP contribution in [0.3, 0.4) is 0 Å². The van der Waals surface area contributed by atoms with Crippen LogP contribution >= 0.6 is 0 Å². The lowest BCUT2D eigenvalue weighted by molar-refractivity contribution is -0.160. The van der Waals surface area contributed by atoms with E-state index >= 15 is 0 Å². The van der Waals surface area contributed by atoms with Crippen molar-refractivity contribution in [3.05, 3.63) is 24.2 Å². The van der Waals surface area contributed by atoms with Gasteiger partial charge in [-0.3, -0.25) is 9.59 Å². The van der Waals surface area contributed by atoms with Crippen LogP contribution in [0.15, 0.2) is 22.8 Å². The molecule has 2 atom stereocenters. The maximum Gasteiger partial charge on any atom is 0.328 e. The van der Waals surface area contributed by atoms with Gasteiger partial charge in [-0.25, -0.2) is 4.79 Å². The summed E-state index contributed by atoms with van der Waals surface area (Å²) in [4.78, 5) is 38.8. The summed E-state index contributed by atoms with van der Waals surface area (Å²) in [7, 11) is 0. The highest BCUT2D eigenvalue weighted by molar-refractivity contribution is 5.91. The van der Waals surface area contributed by atoms with E-state index < -0.39 is 17.9 Å². The van der Waals surface area contributed by atoms with Gasteiger partial charge in [0.05, 0.1) is 31.9 Å². The van der Waals surface area contributed by atoms with E-state index in [2.05, 4.69) is 0 Å². The average molecular weight is 322 g/mol. The van der Waals surface area contributed by atoms with E-state index in [0.717, 1.165) is 0 Å². The Labute approximate surface area is 132 Å². The molecule has 1 aromatic heterocycles. The van der Waals surface area contributed by atoms with Crippen LogP contribution in [0.2, 0.25) is 0 Å². The standard InChI is InChI=1S/C15H18N2O6/c18-13-6-10(7-16(13)8-11-2-1-4-23-11)14(19)17-3-5-22-9-12(17)15(20)21/h1-2,4,10,12H,3,5-9H2,(H,20,21). The summed E-state index contributed by atoms with van der Waals surface area (Å²) < 4.78 is 10.4. The van der Waals surface area contributed by atoms with Crippen LogP contribution in [0.1, 0.15) is 12.2 Å². The number of hydrogen-bond donors (Lipinski definition) is 1. The number of ether oxygens (including phenoxy) is 1. The molecule has 2 fully saturated rings. The molecule has 0 bridgehead atoms. The molecular weight excluding hydrogens is 304 g/mol. The summed E-state index contributed by atoms with van der Waals surface area (Å²) in [6.07, 6.45) is 1.63. The molecule has 1 aromatic rings. The molecular formula is C15H18N2O6. The maximum absolute atomic E-state index is 12.6. The number of rotatable bonds is 4. The monoisotopic (exact) mass is 322 g/mol. The quantitative estimate of drug-likeness (QED) is 0.833. The van der Waals surface area contributed by atoms with E-state index in [1.165, 1.54) is 11.2 Å². The number of nitrogens with zero attached hydrogens (tertiary/aromatic N) is 2. The van der Waals surface area contributed by atoms with E-state index in [1.54, 1.807) is 17.0 Å². The third kappa shape index (κ3) is 3.21. The van der Waals surface area contributed by atoms with Gasteiger partial charge in [-0.1, -0.05) is 0 Å². The predicted molar refractivity (Wildman–Crippen MR) is 76.2 cm³/mol. The average Bonchev–Trinajstić information content (AvgIpc) is 3.17.